The van der Waals surface area contributed by atoms with Gasteiger partial charge in [-0.2, -0.15) is 0 Å². The monoisotopic (exact) mass is 172 g/mol. The summed E-state index contributed by atoms with van der Waals surface area (Å²) in [6, 6.07) is 1.69. The molecule has 0 amide bonds. The van der Waals surface area contributed by atoms with E-state index in [1.807, 2.05) is 0 Å². The molecule has 0 fully saturated rings. The molecule has 0 bridgehead atoms. The number of aromatic nitrogens is 2. The second-order valence-corrected chi connectivity index (χ2v) is 2.55. The molecule has 0 aliphatic rings. The van der Waals surface area contributed by atoms with E-state index in [4.69, 9.17) is 16.3 Å². The van der Waals surface area contributed by atoms with Crippen molar-refractivity contribution in [3.8, 4) is 0 Å². The standard InChI is InChI=1S/C7H9ClN2O/c1-5-9-6(4-11-2)3-7(8)10-5/h3H,4H2,1-2H3. The van der Waals surface area contributed by atoms with Crippen molar-refractivity contribution in [1.82, 2.24) is 9.97 Å². The molecular formula is C7H9ClN2O. The molecule has 0 aliphatic carbocycles. The van der Waals surface area contributed by atoms with Crippen molar-refractivity contribution < 1.29 is 4.74 Å². The van der Waals surface area contributed by atoms with Gasteiger partial charge in [-0.3, -0.25) is 0 Å². The first kappa shape index (κ1) is 8.43. The number of methoxy groups -OCH3 is 1. The number of hydrogen-bond acceptors (Lipinski definition) is 3. The molecule has 0 saturated carbocycles. The Morgan fingerprint density at radius 3 is 2.82 bits per heavy atom. The molecule has 0 saturated heterocycles. The Kier molecular flexibility index (Phi) is 2.79. The SMILES string of the molecule is COCc1cc(Cl)nc(C)n1. The smallest absolute Gasteiger partial charge is 0.133 e. The molecule has 0 aliphatic heterocycles. The molecule has 0 N–H and O–H groups in total. The number of hydrogen-bond donors (Lipinski definition) is 0. The van der Waals surface area contributed by atoms with Crippen molar-refractivity contribution in [2.75, 3.05) is 7.11 Å². The lowest BCUT2D eigenvalue weighted by atomic mass is 10.4. The molecule has 0 radical (unpaired) electrons. The van der Waals surface area contributed by atoms with Gasteiger partial charge >= 0.3 is 0 Å². The first-order valence-corrected chi connectivity index (χ1v) is 3.59. The molecule has 0 atom stereocenters. The summed E-state index contributed by atoms with van der Waals surface area (Å²) in [5.41, 5.74) is 0.810. The zero-order valence-corrected chi connectivity index (χ0v) is 7.22. The van der Waals surface area contributed by atoms with Crippen LogP contribution in [0.15, 0.2) is 6.07 Å². The van der Waals surface area contributed by atoms with E-state index in [2.05, 4.69) is 9.97 Å². The quantitative estimate of drug-likeness (QED) is 0.636. The van der Waals surface area contributed by atoms with E-state index in [0.29, 0.717) is 17.6 Å². The normalized spacial score (nSPS) is 10.1. The van der Waals surface area contributed by atoms with Crippen LogP contribution in [0.4, 0.5) is 0 Å². The minimum atomic E-state index is 0.463. The molecule has 0 aromatic carbocycles. The summed E-state index contributed by atoms with van der Waals surface area (Å²) in [5, 5.41) is 0.463. The molecule has 1 aromatic heterocycles. The third-order valence-corrected chi connectivity index (χ3v) is 1.35. The van der Waals surface area contributed by atoms with E-state index in [1.54, 1.807) is 20.1 Å². The van der Waals surface area contributed by atoms with Crippen LogP contribution in [0.3, 0.4) is 0 Å². The zero-order chi connectivity index (χ0) is 8.27. The fraction of sp³-hybridized carbons (Fsp3) is 0.429. The van der Waals surface area contributed by atoms with Crippen molar-refractivity contribution >= 4 is 11.6 Å². The van der Waals surface area contributed by atoms with Crippen molar-refractivity contribution in [3.63, 3.8) is 0 Å². The van der Waals surface area contributed by atoms with Crippen molar-refractivity contribution in [3.05, 3.63) is 22.7 Å². The van der Waals surface area contributed by atoms with Crippen LogP contribution in [0.1, 0.15) is 11.5 Å². The first-order valence-electron chi connectivity index (χ1n) is 3.21. The van der Waals surface area contributed by atoms with E-state index in [9.17, 15) is 0 Å². The van der Waals surface area contributed by atoms with Gasteiger partial charge in [-0.25, -0.2) is 9.97 Å². The van der Waals surface area contributed by atoms with Gasteiger partial charge in [0.15, 0.2) is 0 Å². The van der Waals surface area contributed by atoms with E-state index < -0.39 is 0 Å². The number of nitrogens with zero attached hydrogens (tertiary/aromatic N) is 2. The highest BCUT2D eigenvalue weighted by molar-refractivity contribution is 6.29. The van der Waals surface area contributed by atoms with E-state index in [-0.39, 0.29) is 0 Å². The Labute approximate surface area is 70.4 Å². The maximum atomic E-state index is 5.68. The Morgan fingerprint density at radius 2 is 2.27 bits per heavy atom. The van der Waals surface area contributed by atoms with Gasteiger partial charge in [-0.05, 0) is 13.0 Å². The minimum absolute atomic E-state index is 0.463. The van der Waals surface area contributed by atoms with Gasteiger partial charge in [0.05, 0.1) is 12.3 Å². The van der Waals surface area contributed by atoms with Crippen molar-refractivity contribution in [2.24, 2.45) is 0 Å². The molecule has 4 heteroatoms. The molecule has 1 aromatic rings. The van der Waals surface area contributed by atoms with Gasteiger partial charge in [0.25, 0.3) is 0 Å². The fourth-order valence-electron chi connectivity index (χ4n) is 0.811. The lowest BCUT2D eigenvalue weighted by Gasteiger charge is -1.99. The van der Waals surface area contributed by atoms with Crippen LogP contribution in [-0.2, 0) is 11.3 Å². The van der Waals surface area contributed by atoms with Gasteiger partial charge < -0.3 is 4.74 Å². The van der Waals surface area contributed by atoms with Crippen LogP contribution < -0.4 is 0 Å². The Hall–Kier alpha value is -0.670. The largest absolute Gasteiger partial charge is 0.378 e. The molecule has 0 spiro atoms. The number of ether oxygens (including phenoxy) is 1. The highest BCUT2D eigenvalue weighted by Gasteiger charge is 1.97. The third kappa shape index (κ3) is 2.44. The van der Waals surface area contributed by atoms with Gasteiger partial charge in [-0.15, -0.1) is 0 Å². The minimum Gasteiger partial charge on any atom is -0.378 e. The molecule has 0 unspecified atom stereocenters. The van der Waals surface area contributed by atoms with Crippen molar-refractivity contribution in [1.29, 1.82) is 0 Å². The van der Waals surface area contributed by atoms with Crippen molar-refractivity contribution in [2.45, 2.75) is 13.5 Å². The Bertz CT molecular complexity index is 232. The molecule has 1 heterocycles. The topological polar surface area (TPSA) is 35.0 Å². The molecule has 11 heavy (non-hydrogen) atoms. The summed E-state index contributed by atoms with van der Waals surface area (Å²) in [6.07, 6.45) is 0. The predicted molar refractivity (Wildman–Crippen MR) is 42.5 cm³/mol. The number of rotatable bonds is 2. The molecule has 60 valence electrons. The van der Waals surface area contributed by atoms with Gasteiger partial charge in [-0.1, -0.05) is 11.6 Å². The maximum absolute atomic E-state index is 5.68. The second kappa shape index (κ2) is 3.64. The van der Waals surface area contributed by atoms with Gasteiger partial charge in [0, 0.05) is 7.11 Å². The predicted octanol–water partition coefficient (Wildman–Crippen LogP) is 1.58. The molecular weight excluding hydrogens is 164 g/mol. The summed E-state index contributed by atoms with van der Waals surface area (Å²) in [7, 11) is 1.62. The Morgan fingerprint density at radius 1 is 1.55 bits per heavy atom. The number of halogens is 1. The van der Waals surface area contributed by atoms with E-state index in [0.717, 1.165) is 5.69 Å². The average Bonchev–Trinajstić information content (AvgIpc) is 1.85. The average molecular weight is 173 g/mol. The molecule has 3 nitrogen and oxygen atoms in total. The summed E-state index contributed by atoms with van der Waals surface area (Å²) < 4.78 is 4.89. The van der Waals surface area contributed by atoms with Crippen LogP contribution in [0, 0.1) is 6.92 Å². The zero-order valence-electron chi connectivity index (χ0n) is 6.47. The van der Waals surface area contributed by atoms with E-state index >= 15 is 0 Å². The molecule has 1 rings (SSSR count). The van der Waals surface area contributed by atoms with Crippen LogP contribution in [0.25, 0.3) is 0 Å². The highest BCUT2D eigenvalue weighted by Crippen LogP contribution is 2.06. The lowest BCUT2D eigenvalue weighted by molar-refractivity contribution is 0.181. The fourth-order valence-corrected chi connectivity index (χ4v) is 1.06. The van der Waals surface area contributed by atoms with Crippen LogP contribution in [-0.4, -0.2) is 17.1 Å². The van der Waals surface area contributed by atoms with Crippen LogP contribution in [0.2, 0.25) is 5.15 Å². The van der Waals surface area contributed by atoms with Crippen LogP contribution >= 0.6 is 11.6 Å². The first-order chi connectivity index (χ1) is 5.22. The Balaban J connectivity index is 2.89. The summed E-state index contributed by atoms with van der Waals surface area (Å²) in [6.45, 7) is 2.27. The van der Waals surface area contributed by atoms with Crippen LogP contribution in [0.5, 0.6) is 0 Å². The number of aryl methyl sites for hydroxylation is 1. The van der Waals surface area contributed by atoms with E-state index in [1.165, 1.54) is 0 Å². The lowest BCUT2D eigenvalue weighted by Crippen LogP contribution is -1.96. The van der Waals surface area contributed by atoms with Gasteiger partial charge in [0.1, 0.15) is 11.0 Å². The summed E-state index contributed by atoms with van der Waals surface area (Å²) >= 11 is 5.68. The maximum Gasteiger partial charge on any atom is 0.133 e. The second-order valence-electron chi connectivity index (χ2n) is 2.16. The third-order valence-electron chi connectivity index (χ3n) is 1.15. The summed E-state index contributed by atoms with van der Waals surface area (Å²) in [5.74, 6) is 0.671. The summed E-state index contributed by atoms with van der Waals surface area (Å²) in [4.78, 5) is 8.02. The van der Waals surface area contributed by atoms with Gasteiger partial charge in [0.2, 0.25) is 0 Å². The highest BCUT2D eigenvalue weighted by atomic mass is 35.5.